The maximum atomic E-state index is 11.6. The SMILES string of the molecule is CCN(Cc1cccc(S(=O)(=O)[O-])c1)c1ccc(C(=C2C=CC(=[N+](CC)Cc3cccc(S(=O)(=O)O)c3)C=C2)c2ccccc2)cc1.[Na]. The number of allylic oxidation sites excluding steroid dienone is 5. The Hall–Kier alpha value is -3.61. The van der Waals surface area contributed by atoms with E-state index >= 15 is 0 Å². The van der Waals surface area contributed by atoms with Gasteiger partial charge < -0.3 is 9.45 Å². The molecule has 0 aromatic heterocycles. The summed E-state index contributed by atoms with van der Waals surface area (Å²) in [5.41, 5.74) is 7.62. The molecule has 0 unspecified atom stereocenters. The summed E-state index contributed by atoms with van der Waals surface area (Å²) < 4.78 is 69.5. The van der Waals surface area contributed by atoms with Gasteiger partial charge in [-0.15, -0.1) is 0 Å². The third-order valence-corrected chi connectivity index (χ3v) is 9.68. The maximum absolute atomic E-state index is 11.6. The van der Waals surface area contributed by atoms with Crippen LogP contribution in [-0.4, -0.2) is 78.9 Å². The summed E-state index contributed by atoms with van der Waals surface area (Å²) in [7, 11) is -8.82. The molecule has 1 N–H and O–H groups in total. The molecule has 0 saturated carbocycles. The Morgan fingerprint density at radius 3 is 1.90 bits per heavy atom. The van der Waals surface area contributed by atoms with Gasteiger partial charge in [0.25, 0.3) is 10.1 Å². The zero-order chi connectivity index (χ0) is 33.6. The van der Waals surface area contributed by atoms with Gasteiger partial charge in [0.1, 0.15) is 16.7 Å². The molecular weight excluding hydrogens is 656 g/mol. The first-order chi connectivity index (χ1) is 22.5. The predicted octanol–water partition coefficient (Wildman–Crippen LogP) is 6.08. The maximum Gasteiger partial charge on any atom is 0.294 e. The third kappa shape index (κ3) is 9.29. The molecule has 0 saturated heterocycles. The quantitative estimate of drug-likeness (QED) is 0.115. The van der Waals surface area contributed by atoms with Gasteiger partial charge in [-0.2, -0.15) is 8.42 Å². The van der Waals surface area contributed by atoms with Crippen molar-refractivity contribution in [1.29, 1.82) is 0 Å². The molecule has 0 amide bonds. The minimum atomic E-state index is -4.53. The van der Waals surface area contributed by atoms with E-state index in [1.165, 1.54) is 24.3 Å². The zero-order valence-corrected chi connectivity index (χ0v) is 30.8. The summed E-state index contributed by atoms with van der Waals surface area (Å²) in [5, 5.41) is 0. The Morgan fingerprint density at radius 1 is 0.729 bits per heavy atom. The van der Waals surface area contributed by atoms with Crippen LogP contribution in [0.2, 0.25) is 0 Å². The number of anilines is 1. The van der Waals surface area contributed by atoms with Gasteiger partial charge in [0, 0.05) is 66.0 Å². The normalized spacial score (nSPS) is 12.8. The molecule has 0 heterocycles. The number of hydrogen-bond acceptors (Lipinski definition) is 6. The fraction of sp³-hybridized carbons (Fsp3) is 0.162. The first-order valence-electron chi connectivity index (χ1n) is 15.2. The monoisotopic (exact) mass is 691 g/mol. The van der Waals surface area contributed by atoms with Crippen molar-refractivity contribution >= 4 is 66.8 Å². The molecule has 0 atom stereocenters. The minimum Gasteiger partial charge on any atom is -0.744 e. The second kappa shape index (κ2) is 16.2. The molecule has 8 nitrogen and oxygen atoms in total. The summed E-state index contributed by atoms with van der Waals surface area (Å²) >= 11 is 0. The van der Waals surface area contributed by atoms with Crippen molar-refractivity contribution in [2.24, 2.45) is 0 Å². The molecule has 0 bridgehead atoms. The first-order valence-corrected chi connectivity index (χ1v) is 18.1. The van der Waals surface area contributed by atoms with Crippen LogP contribution in [0.15, 0.2) is 143 Å². The van der Waals surface area contributed by atoms with Crippen LogP contribution in [0.25, 0.3) is 5.57 Å². The molecule has 0 spiro atoms. The Morgan fingerprint density at radius 2 is 1.31 bits per heavy atom. The van der Waals surface area contributed by atoms with E-state index in [-0.39, 0.29) is 39.3 Å². The molecule has 1 radical (unpaired) electrons. The van der Waals surface area contributed by atoms with Crippen LogP contribution in [0.1, 0.15) is 36.1 Å². The Labute approximate surface area is 305 Å². The van der Waals surface area contributed by atoms with E-state index < -0.39 is 20.2 Å². The second-order valence-electron chi connectivity index (χ2n) is 11.1. The van der Waals surface area contributed by atoms with E-state index in [1.807, 2.05) is 56.3 Å². The average Bonchev–Trinajstić information content (AvgIpc) is 3.07. The first kappa shape index (κ1) is 37.2. The van der Waals surface area contributed by atoms with Crippen LogP contribution >= 0.6 is 0 Å². The van der Waals surface area contributed by atoms with Gasteiger partial charge in [0.15, 0.2) is 12.3 Å². The van der Waals surface area contributed by atoms with Crippen molar-refractivity contribution < 1.29 is 30.5 Å². The van der Waals surface area contributed by atoms with Crippen LogP contribution in [0.5, 0.6) is 0 Å². The van der Waals surface area contributed by atoms with Gasteiger partial charge >= 0.3 is 0 Å². The molecule has 11 heteroatoms. The molecule has 0 aliphatic heterocycles. The van der Waals surface area contributed by atoms with Crippen molar-refractivity contribution in [1.82, 2.24) is 0 Å². The molecule has 0 fully saturated rings. The van der Waals surface area contributed by atoms with Crippen molar-refractivity contribution in [2.45, 2.75) is 36.7 Å². The Kier molecular flexibility index (Phi) is 12.6. The largest absolute Gasteiger partial charge is 0.744 e. The number of benzene rings is 4. The van der Waals surface area contributed by atoms with Crippen molar-refractivity contribution in [3.8, 4) is 0 Å². The Balaban J connectivity index is 0.00000520. The van der Waals surface area contributed by atoms with Gasteiger partial charge in [0.2, 0.25) is 0 Å². The topological polar surface area (TPSA) is 118 Å². The smallest absolute Gasteiger partial charge is 0.294 e. The van der Waals surface area contributed by atoms with E-state index in [0.717, 1.165) is 44.8 Å². The summed E-state index contributed by atoms with van der Waals surface area (Å²) in [6, 6.07) is 30.9. The van der Waals surface area contributed by atoms with Gasteiger partial charge in [-0.3, -0.25) is 4.55 Å². The third-order valence-electron chi connectivity index (χ3n) is 8.00. The van der Waals surface area contributed by atoms with E-state index in [1.54, 1.807) is 12.1 Å². The fourth-order valence-electron chi connectivity index (χ4n) is 5.60. The van der Waals surface area contributed by atoms with Gasteiger partial charge in [-0.05, 0) is 90.2 Å². The van der Waals surface area contributed by atoms with Gasteiger partial charge in [-0.1, -0.05) is 66.7 Å². The molecule has 4 aromatic rings. The van der Waals surface area contributed by atoms with Crippen LogP contribution in [-0.2, 0) is 33.3 Å². The summed E-state index contributed by atoms with van der Waals surface area (Å²) in [5.74, 6) is 0. The average molecular weight is 692 g/mol. The van der Waals surface area contributed by atoms with Crippen molar-refractivity contribution in [3.63, 3.8) is 0 Å². The zero-order valence-electron chi connectivity index (χ0n) is 27.2. The van der Waals surface area contributed by atoms with Crippen LogP contribution in [0.3, 0.4) is 0 Å². The standard InChI is InChI=1S/C37H36N2O6S2.Na/c1-3-38(26-28-10-8-14-35(24-28)46(40,41)42)33-20-16-31(17-21-33)37(30-12-6-5-7-13-30)32-18-22-34(23-19-32)39(4-2)27-29-11-9-15-36(25-29)47(43,44)45;/h5-25H,3-4,26-27H2,1-2H3,(H-,40,41,42,43,44,45);. The molecule has 4 aromatic carbocycles. The van der Waals surface area contributed by atoms with E-state index in [2.05, 4.69) is 58.0 Å². The molecule has 243 valence electrons. The summed E-state index contributed by atoms with van der Waals surface area (Å²) in [6.07, 6.45) is 8.27. The van der Waals surface area contributed by atoms with Crippen molar-refractivity contribution in [3.05, 3.63) is 155 Å². The fourth-order valence-corrected chi connectivity index (χ4v) is 6.69. The second-order valence-corrected chi connectivity index (χ2v) is 13.9. The predicted molar refractivity (Wildman–Crippen MR) is 190 cm³/mol. The molecule has 48 heavy (non-hydrogen) atoms. The van der Waals surface area contributed by atoms with Crippen LogP contribution < -0.4 is 4.90 Å². The van der Waals surface area contributed by atoms with Crippen LogP contribution in [0.4, 0.5) is 5.69 Å². The molecule has 1 aliphatic carbocycles. The van der Waals surface area contributed by atoms with E-state index in [0.29, 0.717) is 26.2 Å². The van der Waals surface area contributed by atoms with Crippen molar-refractivity contribution in [2.75, 3.05) is 18.0 Å². The number of nitrogens with zero attached hydrogens (tertiary/aromatic N) is 2. The van der Waals surface area contributed by atoms with Gasteiger partial charge in [-0.25, -0.2) is 13.0 Å². The van der Waals surface area contributed by atoms with Gasteiger partial charge in [0.05, 0.1) is 9.79 Å². The Bertz CT molecular complexity index is 2090. The number of hydrogen-bond donors (Lipinski definition) is 1. The molecule has 5 rings (SSSR count). The van der Waals surface area contributed by atoms with E-state index in [9.17, 15) is 25.9 Å². The molecule has 1 aliphatic rings. The number of rotatable bonds is 11. The van der Waals surface area contributed by atoms with E-state index in [4.69, 9.17) is 0 Å². The molecular formula is C37H36N2NaO6S2. The minimum absolute atomic E-state index is 0. The summed E-state index contributed by atoms with van der Waals surface area (Å²) in [4.78, 5) is 1.76. The van der Waals surface area contributed by atoms with Crippen LogP contribution in [0, 0.1) is 0 Å². The summed E-state index contributed by atoms with van der Waals surface area (Å²) in [6.45, 7) is 6.35.